The molecule has 0 unspecified atom stereocenters. The molecule has 8 heteroatoms. The molecule has 0 rings (SSSR count). The Morgan fingerprint density at radius 3 is 1.00 bits per heavy atom. The van der Waals surface area contributed by atoms with E-state index in [4.69, 9.17) is 15.9 Å². The van der Waals surface area contributed by atoms with Gasteiger partial charge in [0.05, 0.1) is 0 Å². The molecule has 0 amide bonds. The van der Waals surface area contributed by atoms with Crippen molar-refractivity contribution in [1.82, 2.24) is 0 Å². The van der Waals surface area contributed by atoms with Gasteiger partial charge in [-0.15, -0.1) is 0 Å². The van der Waals surface area contributed by atoms with E-state index in [0.29, 0.717) is 0 Å². The van der Waals surface area contributed by atoms with E-state index in [1.54, 1.807) is 0 Å². The Morgan fingerprint density at radius 1 is 1.00 bits per heavy atom. The standard InChI is InChI=1S/2Al.Mg.4O.H4Si/h;;;;;;;1H4/q;;+2;;;2*-1;. The summed E-state index contributed by atoms with van der Waals surface area (Å²) in [5, 5.41) is 0. The maximum atomic E-state index is 8.46. The number of hydrogen-bond donors (Lipinski definition) is 0. The summed E-state index contributed by atoms with van der Waals surface area (Å²) in [5.74, 6) is 0. The maximum absolute atomic E-state index is 8.46. The van der Waals surface area contributed by atoms with Crippen molar-refractivity contribution >= 4 is 65.0 Å². The van der Waals surface area contributed by atoms with Crippen LogP contribution in [0.25, 0.3) is 0 Å². The Bertz CT molecular complexity index is 35.0. The summed E-state index contributed by atoms with van der Waals surface area (Å²) in [7, 11) is 0. The normalized spacial score (nSPS) is 2.00. The molecular formula is H4Al2MgO4Si. The third-order valence-electron chi connectivity index (χ3n) is 0. The van der Waals surface area contributed by atoms with Crippen molar-refractivity contribution < 1.29 is 15.9 Å². The van der Waals surface area contributed by atoms with Crippen LogP contribution in [0, 0.1) is 0 Å². The van der Waals surface area contributed by atoms with Gasteiger partial charge >= 0.3 is 70.0 Å². The molecule has 0 saturated carbocycles. The molecular weight excluding hydrogens is 170 g/mol. The van der Waals surface area contributed by atoms with Gasteiger partial charge in [-0.25, -0.2) is 0 Å². The van der Waals surface area contributed by atoms with Gasteiger partial charge in [-0.1, -0.05) is 0 Å². The van der Waals surface area contributed by atoms with Crippen molar-refractivity contribution in [2.75, 3.05) is 0 Å². The SMILES string of the molecule is [Mg+2].[O]=[Al][O-].[O]=[Al][O-].[SiH4]. The van der Waals surface area contributed by atoms with E-state index in [-0.39, 0.29) is 34.0 Å². The van der Waals surface area contributed by atoms with E-state index in [0.717, 1.165) is 0 Å². The zero-order valence-electron chi connectivity index (χ0n) is 3.49. The summed E-state index contributed by atoms with van der Waals surface area (Å²) < 4.78 is 33.8. The van der Waals surface area contributed by atoms with Crippen LogP contribution >= 0.6 is 0 Å². The first kappa shape index (κ1) is 22.8. The molecule has 0 N–H and O–H groups in total. The van der Waals surface area contributed by atoms with E-state index < -0.39 is 31.0 Å². The Labute approximate surface area is 80.4 Å². The van der Waals surface area contributed by atoms with Crippen LogP contribution in [-0.2, 0) is 7.61 Å². The molecule has 0 aliphatic rings. The van der Waals surface area contributed by atoms with Crippen molar-refractivity contribution in [3.05, 3.63) is 0 Å². The van der Waals surface area contributed by atoms with Crippen LogP contribution in [0.5, 0.6) is 0 Å². The van der Waals surface area contributed by atoms with Gasteiger partial charge in [0, 0.05) is 0 Å². The largest absolute Gasteiger partial charge is 0.0149 e. The van der Waals surface area contributed by atoms with Crippen molar-refractivity contribution in [1.29, 1.82) is 0 Å². The molecule has 0 bridgehead atoms. The van der Waals surface area contributed by atoms with Gasteiger partial charge in [-0.05, 0) is 11.0 Å². The van der Waals surface area contributed by atoms with Gasteiger partial charge in [-0.3, -0.25) is 0 Å². The molecule has 0 spiro atoms. The minimum absolute atomic E-state index is 0. The van der Waals surface area contributed by atoms with Crippen molar-refractivity contribution in [3.8, 4) is 0 Å². The van der Waals surface area contributed by atoms with Crippen LogP contribution in [0.4, 0.5) is 0 Å². The minimum Gasteiger partial charge on any atom is -0.0149 e. The van der Waals surface area contributed by atoms with Crippen LogP contribution in [-0.4, -0.2) is 65.0 Å². The minimum atomic E-state index is -1.75. The summed E-state index contributed by atoms with van der Waals surface area (Å²) in [4.78, 5) is 0. The summed E-state index contributed by atoms with van der Waals surface area (Å²) in [6.07, 6.45) is 0. The van der Waals surface area contributed by atoms with Crippen LogP contribution in [0.15, 0.2) is 0 Å². The monoisotopic (exact) mass is 174 g/mol. The van der Waals surface area contributed by atoms with Crippen molar-refractivity contribution in [3.63, 3.8) is 0 Å². The third-order valence-corrected chi connectivity index (χ3v) is 0. The number of rotatable bonds is 0. The first-order valence-electron chi connectivity index (χ1n) is 0.943. The molecule has 0 heterocycles. The second-order valence-corrected chi connectivity index (χ2v) is 0.577. The molecule has 40 valence electrons. The van der Waals surface area contributed by atoms with Gasteiger partial charge in [0.25, 0.3) is 0 Å². The zero-order chi connectivity index (χ0) is 5.41. The van der Waals surface area contributed by atoms with Gasteiger partial charge in [0.15, 0.2) is 0 Å². The molecule has 4 nitrogen and oxygen atoms in total. The van der Waals surface area contributed by atoms with Crippen LogP contribution in [0.1, 0.15) is 0 Å². The fraction of sp³-hybridized carbons (Fsp3) is 0. The van der Waals surface area contributed by atoms with E-state index in [2.05, 4.69) is 0 Å². The fourth-order valence-electron chi connectivity index (χ4n) is 0. The summed E-state index contributed by atoms with van der Waals surface area (Å²) >= 11 is -3.50. The smallest absolute Gasteiger partial charge is 0.0149 e. The average Bonchev–Trinajstić information content (AvgIpc) is 1.39. The van der Waals surface area contributed by atoms with E-state index in [1.807, 2.05) is 0 Å². The maximum Gasteiger partial charge on any atom is -0.0149 e. The molecule has 8 heavy (non-hydrogen) atoms. The molecule has 0 radical (unpaired) electrons. The molecule has 0 atom stereocenters. The van der Waals surface area contributed by atoms with Crippen LogP contribution in [0.2, 0.25) is 0 Å². The Kier molecular flexibility index (Phi) is 117. The molecule has 0 aromatic carbocycles. The van der Waals surface area contributed by atoms with Crippen LogP contribution < -0.4 is 8.32 Å². The fourth-order valence-corrected chi connectivity index (χ4v) is 0. The predicted molar refractivity (Wildman–Crippen MR) is 30.0 cm³/mol. The average molecular weight is 174 g/mol. The van der Waals surface area contributed by atoms with E-state index >= 15 is 0 Å². The van der Waals surface area contributed by atoms with Crippen LogP contribution in [0.3, 0.4) is 0 Å². The molecule has 0 saturated heterocycles. The third kappa shape index (κ3) is 182. The van der Waals surface area contributed by atoms with Gasteiger partial charge in [0.2, 0.25) is 0 Å². The quantitative estimate of drug-likeness (QED) is 0.344. The Hall–Kier alpha value is 1.25. The van der Waals surface area contributed by atoms with Gasteiger partial charge in [0.1, 0.15) is 0 Å². The first-order chi connectivity index (χ1) is 2.83. The van der Waals surface area contributed by atoms with Gasteiger partial charge in [-0.2, -0.15) is 0 Å². The number of hydrogen-bond acceptors (Lipinski definition) is 4. The molecule has 0 aliphatic heterocycles. The summed E-state index contributed by atoms with van der Waals surface area (Å²) in [6.45, 7) is 0. The second kappa shape index (κ2) is 41.1. The van der Waals surface area contributed by atoms with E-state index in [9.17, 15) is 0 Å². The van der Waals surface area contributed by atoms with Crippen molar-refractivity contribution in [2.45, 2.75) is 0 Å². The van der Waals surface area contributed by atoms with Crippen molar-refractivity contribution in [2.24, 2.45) is 0 Å². The topological polar surface area (TPSA) is 80.3 Å². The second-order valence-electron chi connectivity index (χ2n) is 0.192. The van der Waals surface area contributed by atoms with E-state index in [1.165, 1.54) is 0 Å². The Morgan fingerprint density at radius 2 is 1.00 bits per heavy atom. The molecule has 0 aromatic heterocycles. The molecule has 0 aromatic rings. The Balaban J connectivity index is -0.0000000160. The zero-order valence-corrected chi connectivity index (χ0v) is 7.22. The predicted octanol–water partition coefficient (Wildman–Crippen LogP) is -5.21. The molecule has 0 aliphatic carbocycles. The summed E-state index contributed by atoms with van der Waals surface area (Å²) in [6, 6.07) is 0. The van der Waals surface area contributed by atoms with Gasteiger partial charge < -0.3 is 0 Å². The first-order valence-corrected chi connectivity index (χ1v) is 2.83. The summed E-state index contributed by atoms with van der Waals surface area (Å²) in [5.41, 5.74) is 0. The molecule has 0 fully saturated rings.